The van der Waals surface area contributed by atoms with E-state index < -0.39 is 249 Å². The van der Waals surface area contributed by atoms with Crippen molar-refractivity contribution in [1.82, 2.24) is 0 Å². The van der Waals surface area contributed by atoms with Crippen LogP contribution in [0, 0.1) is 0 Å². The predicted octanol–water partition coefficient (Wildman–Crippen LogP) is 2.30. The predicted molar refractivity (Wildman–Crippen MR) is 241 cm³/mol. The van der Waals surface area contributed by atoms with Crippen molar-refractivity contribution in [3.05, 3.63) is 69.3 Å². The van der Waals surface area contributed by atoms with Crippen LogP contribution in [0.4, 0.5) is 0 Å². The van der Waals surface area contributed by atoms with Gasteiger partial charge in [0.2, 0.25) is 28.7 Å². The first-order valence-corrected chi connectivity index (χ1v) is 21.6. The molecule has 0 spiro atoms. The molecular formula is C48H30O30. The third kappa shape index (κ3) is 6.96. The van der Waals surface area contributed by atoms with Crippen molar-refractivity contribution in [2.75, 3.05) is 6.61 Å². The zero-order chi connectivity index (χ0) is 56.7. The van der Waals surface area contributed by atoms with Crippen LogP contribution in [0.3, 0.4) is 0 Å². The monoisotopic (exact) mass is 1090 g/mol. The fourth-order valence-corrected chi connectivity index (χ4v) is 9.40. The van der Waals surface area contributed by atoms with Gasteiger partial charge < -0.3 is 120 Å². The van der Waals surface area contributed by atoms with E-state index in [9.17, 15) is 116 Å². The van der Waals surface area contributed by atoms with E-state index in [0.717, 1.165) is 0 Å². The van der Waals surface area contributed by atoms with Crippen molar-refractivity contribution < 1.29 is 149 Å². The van der Waals surface area contributed by atoms with Gasteiger partial charge in [-0.15, -0.1) is 0 Å². The summed E-state index contributed by atoms with van der Waals surface area (Å²) in [5.74, 6) is -39.3. The van der Waals surface area contributed by atoms with E-state index in [2.05, 4.69) is 0 Å². The topological polar surface area (TPSA) is 522 Å². The van der Waals surface area contributed by atoms with Crippen molar-refractivity contribution >= 4 is 35.8 Å². The number of rotatable bonds is 2. The van der Waals surface area contributed by atoms with Crippen molar-refractivity contribution in [3.63, 3.8) is 0 Å². The number of esters is 6. The highest BCUT2D eigenvalue weighted by molar-refractivity contribution is 6.16. The quantitative estimate of drug-likeness (QED) is 0.0672. The molecule has 4 bridgehead atoms. The van der Waals surface area contributed by atoms with Crippen molar-refractivity contribution in [2.45, 2.75) is 30.5 Å². The van der Waals surface area contributed by atoms with E-state index in [1.807, 2.05) is 0 Å². The Morgan fingerprint density at radius 3 is 1.24 bits per heavy atom. The SMILES string of the molecule is O=C(O[C@@H]1c2c(O)c(O)c(O)c3c2C(=O)O[C@H]1[C@H]1OC(=O)c2c(c(O)c(O)c(O)c2-3)-c2c(cc(O)c(O)c2O)C(=O)O[C@@H]2COC(=O)c3cc(O)c(O)c(O)c3-c3c(cc(O)c(O)c3O)C(=O)OC21)c1cc(O)c(O)c(O)c1. The number of hydrogen-bond donors (Lipinski definition) is 18. The number of phenols is 18. The molecule has 0 saturated carbocycles. The Labute approximate surface area is 427 Å². The van der Waals surface area contributed by atoms with Gasteiger partial charge in [0.25, 0.3) is 0 Å². The Hall–Kier alpha value is -11.5. The standard InChI is InChI=1S/C48H30O30/c49-11-1-7(2-12(50)26(11)54)43(67)76-40-25-24-22(35(63)38(66)36(25)64)21-23-20(33(61)37(65)34(21)62)19-10(5-15(53)29(57)32(19)60)45(69)74-16-6-73-44(68)8-3-13(51)27(55)30(58)17(8)18-9(4-14(52)28(56)31(18)59)46(70)75-39(16)41(77-47(23)71)42(40)78-48(24)72/h1-5,16,39-42,49-66H,6H2/t16-,39?,40-,41+,42-/m1/s1. The van der Waals surface area contributed by atoms with Crippen LogP contribution >= 0.6 is 0 Å². The molecule has 0 aromatic heterocycles. The molecular weight excluding hydrogens is 1060 g/mol. The fraction of sp³-hybridized carbons (Fsp3) is 0.125. The largest absolute Gasteiger partial charge is 0.504 e. The summed E-state index contributed by atoms with van der Waals surface area (Å²) >= 11 is 0. The maximum absolute atomic E-state index is 15.4. The minimum Gasteiger partial charge on any atom is -0.504 e. The molecule has 0 saturated heterocycles. The van der Waals surface area contributed by atoms with Gasteiger partial charge in [-0.05, 0) is 30.3 Å². The minimum absolute atomic E-state index is 0.272. The average Bonchev–Trinajstić information content (AvgIpc) is 3.64. The Kier molecular flexibility index (Phi) is 10.9. The van der Waals surface area contributed by atoms with Crippen LogP contribution in [-0.4, -0.2) is 159 Å². The van der Waals surface area contributed by atoms with Crippen molar-refractivity contribution in [1.29, 1.82) is 0 Å². The van der Waals surface area contributed by atoms with E-state index >= 15 is 4.79 Å². The molecule has 6 aromatic rings. The smallest absolute Gasteiger partial charge is 0.340 e. The average molecular weight is 1090 g/mol. The molecule has 30 nitrogen and oxygen atoms in total. The van der Waals surface area contributed by atoms with Gasteiger partial charge in [0.15, 0.2) is 105 Å². The second-order valence-electron chi connectivity index (χ2n) is 17.3. The maximum atomic E-state index is 15.4. The van der Waals surface area contributed by atoms with E-state index in [1.165, 1.54) is 0 Å². The van der Waals surface area contributed by atoms with Gasteiger partial charge in [0.05, 0.1) is 38.9 Å². The number of carbonyl (C=O) groups is 6. The summed E-state index contributed by atoms with van der Waals surface area (Å²) in [7, 11) is 0. The van der Waals surface area contributed by atoms with Gasteiger partial charge in [0.1, 0.15) is 6.61 Å². The summed E-state index contributed by atoms with van der Waals surface area (Å²) < 4.78 is 34.1. The molecule has 78 heavy (non-hydrogen) atoms. The zero-order valence-corrected chi connectivity index (χ0v) is 37.9. The first-order chi connectivity index (χ1) is 36.7. The third-order valence-corrected chi connectivity index (χ3v) is 13.0. The van der Waals surface area contributed by atoms with E-state index in [4.69, 9.17) is 28.4 Å². The highest BCUT2D eigenvalue weighted by Gasteiger charge is 2.57. The lowest BCUT2D eigenvalue weighted by atomic mass is 9.80. The molecule has 0 aliphatic carbocycles. The van der Waals surface area contributed by atoms with E-state index in [-0.39, 0.29) is 12.1 Å². The molecule has 18 N–H and O–H groups in total. The van der Waals surface area contributed by atoms with E-state index in [0.29, 0.717) is 18.2 Å². The van der Waals surface area contributed by atoms with Gasteiger partial charge in [0, 0.05) is 33.4 Å². The van der Waals surface area contributed by atoms with Gasteiger partial charge in [-0.25, -0.2) is 28.8 Å². The second-order valence-corrected chi connectivity index (χ2v) is 17.3. The Bertz CT molecular complexity index is 3800. The van der Waals surface area contributed by atoms with Gasteiger partial charge in [-0.3, -0.25) is 0 Å². The minimum atomic E-state index is -3.02. The first kappa shape index (κ1) is 50.1. The summed E-state index contributed by atoms with van der Waals surface area (Å²) in [4.78, 5) is 88.5. The molecule has 6 aromatic carbocycles. The van der Waals surface area contributed by atoms with Crippen LogP contribution in [-0.2, 0) is 28.4 Å². The highest BCUT2D eigenvalue weighted by Crippen LogP contribution is 2.62. The number of phenolic OH excluding ortho intramolecular Hbond substituents is 18. The van der Waals surface area contributed by atoms with Gasteiger partial charge in [-0.2, -0.15) is 0 Å². The number of fused-ring (bicyclic) bond motifs is 13. The van der Waals surface area contributed by atoms with Crippen LogP contribution in [0.1, 0.15) is 73.8 Å². The third-order valence-electron chi connectivity index (χ3n) is 13.0. The summed E-state index contributed by atoms with van der Waals surface area (Å²) in [5.41, 5.74) is -17.1. The van der Waals surface area contributed by atoms with Crippen molar-refractivity contribution in [3.8, 4) is 137 Å². The normalized spacial score (nSPS) is 19.2. The molecule has 0 radical (unpaired) electrons. The Morgan fingerprint density at radius 2 is 0.731 bits per heavy atom. The summed E-state index contributed by atoms with van der Waals surface area (Å²) in [6, 6.07) is 1.86. The van der Waals surface area contributed by atoms with E-state index in [1.54, 1.807) is 0 Å². The first-order valence-electron chi connectivity index (χ1n) is 21.6. The van der Waals surface area contributed by atoms with Crippen LogP contribution in [0.15, 0.2) is 30.3 Å². The summed E-state index contributed by atoms with van der Waals surface area (Å²) in [6.07, 6.45) is -14.4. The molecule has 4 aliphatic rings. The van der Waals surface area contributed by atoms with Crippen LogP contribution in [0.2, 0.25) is 0 Å². The molecule has 0 fully saturated rings. The van der Waals surface area contributed by atoms with Gasteiger partial charge in [-0.1, -0.05) is 0 Å². The second kappa shape index (κ2) is 17.0. The number of aromatic hydroxyl groups is 18. The molecule has 0 amide bonds. The number of benzene rings is 6. The number of cyclic esters (lactones) is 1. The van der Waals surface area contributed by atoms with Crippen LogP contribution in [0.25, 0.3) is 33.4 Å². The Balaban J connectivity index is 1.36. The summed E-state index contributed by atoms with van der Waals surface area (Å²) in [5, 5.41) is 199. The maximum Gasteiger partial charge on any atom is 0.340 e. The van der Waals surface area contributed by atoms with Crippen LogP contribution in [0.5, 0.6) is 103 Å². The number of ether oxygens (including phenoxy) is 6. The molecule has 4 aliphatic heterocycles. The number of hydrogen-bond acceptors (Lipinski definition) is 30. The molecule has 1 unspecified atom stereocenters. The molecule has 5 atom stereocenters. The fourth-order valence-electron chi connectivity index (χ4n) is 9.40. The Morgan fingerprint density at radius 1 is 0.359 bits per heavy atom. The lowest BCUT2D eigenvalue weighted by molar-refractivity contribution is -0.155. The number of carbonyl (C=O) groups excluding carboxylic acids is 6. The van der Waals surface area contributed by atoms with Crippen molar-refractivity contribution in [2.24, 2.45) is 0 Å². The van der Waals surface area contributed by atoms with Crippen LogP contribution < -0.4 is 0 Å². The molecule has 402 valence electrons. The zero-order valence-electron chi connectivity index (χ0n) is 37.9. The lowest BCUT2D eigenvalue weighted by Crippen LogP contribution is -2.56. The molecule has 10 rings (SSSR count). The molecule has 30 heteroatoms. The highest BCUT2D eigenvalue weighted by atomic mass is 16.7. The molecule has 4 heterocycles. The van der Waals surface area contributed by atoms with Gasteiger partial charge >= 0.3 is 35.8 Å². The summed E-state index contributed by atoms with van der Waals surface area (Å²) in [6.45, 7) is -1.63. The lowest BCUT2D eigenvalue weighted by Gasteiger charge is -2.41.